The number of rotatable bonds is 6. The molecule has 0 heterocycles. The van der Waals surface area contributed by atoms with E-state index in [2.05, 4.69) is 0 Å². The molecule has 3 aromatic carbocycles. The Bertz CT molecular complexity index is 918. The van der Waals surface area contributed by atoms with Crippen molar-refractivity contribution >= 4 is 28.2 Å². The summed E-state index contributed by atoms with van der Waals surface area (Å²) in [7, 11) is 1.77. The van der Waals surface area contributed by atoms with Gasteiger partial charge in [0.15, 0.2) is 5.78 Å². The number of hydrogen-bond donors (Lipinski definition) is 0. The predicted octanol–water partition coefficient (Wildman–Crippen LogP) is 5.10. The molecule has 0 aliphatic carbocycles. The van der Waals surface area contributed by atoms with Crippen molar-refractivity contribution < 1.29 is 9.59 Å². The minimum atomic E-state index is -0.190. The minimum absolute atomic E-state index is 0.0226. The van der Waals surface area contributed by atoms with E-state index in [0.717, 1.165) is 16.5 Å². The van der Waals surface area contributed by atoms with E-state index in [-0.39, 0.29) is 17.6 Å². The van der Waals surface area contributed by atoms with Crippen LogP contribution in [0.15, 0.2) is 72.8 Å². The highest BCUT2D eigenvalue weighted by atomic mass is 16.2. The molecule has 3 nitrogen and oxygen atoms in total. The maximum absolute atomic E-state index is 12.7. The zero-order valence-corrected chi connectivity index (χ0v) is 15.2. The SMILES string of the molecule is C[C@H](CCC(=O)N(C)c1ccccc1)C(=O)c1ccc2ccccc2c1. The van der Waals surface area contributed by atoms with Crippen molar-refractivity contribution in [3.63, 3.8) is 0 Å². The Morgan fingerprint density at radius 3 is 2.27 bits per heavy atom. The van der Waals surface area contributed by atoms with Crippen molar-refractivity contribution in [3.8, 4) is 0 Å². The van der Waals surface area contributed by atoms with Crippen molar-refractivity contribution in [2.75, 3.05) is 11.9 Å². The summed E-state index contributed by atoms with van der Waals surface area (Å²) in [5.41, 5.74) is 1.58. The van der Waals surface area contributed by atoms with Gasteiger partial charge in [0.1, 0.15) is 0 Å². The monoisotopic (exact) mass is 345 g/mol. The lowest BCUT2D eigenvalue weighted by atomic mass is 9.93. The molecule has 0 saturated heterocycles. The number of fused-ring (bicyclic) bond motifs is 1. The molecule has 3 rings (SSSR count). The van der Waals surface area contributed by atoms with Gasteiger partial charge in [-0.1, -0.05) is 61.5 Å². The van der Waals surface area contributed by atoms with Crippen LogP contribution in [0, 0.1) is 5.92 Å². The molecule has 0 unspecified atom stereocenters. The van der Waals surface area contributed by atoms with Gasteiger partial charge in [0.2, 0.25) is 5.91 Å². The van der Waals surface area contributed by atoms with Gasteiger partial charge in [-0.25, -0.2) is 0 Å². The Labute approximate surface area is 154 Å². The van der Waals surface area contributed by atoms with E-state index in [0.29, 0.717) is 18.4 Å². The third-order valence-corrected chi connectivity index (χ3v) is 4.79. The first-order chi connectivity index (χ1) is 12.6. The zero-order valence-electron chi connectivity index (χ0n) is 15.2. The van der Waals surface area contributed by atoms with Crippen LogP contribution < -0.4 is 4.90 Å². The van der Waals surface area contributed by atoms with Crippen LogP contribution in [-0.4, -0.2) is 18.7 Å². The molecule has 0 saturated carbocycles. The summed E-state index contributed by atoms with van der Waals surface area (Å²) >= 11 is 0. The Hall–Kier alpha value is -2.94. The van der Waals surface area contributed by atoms with Gasteiger partial charge < -0.3 is 4.90 Å². The molecule has 0 radical (unpaired) electrons. The van der Waals surface area contributed by atoms with E-state index in [1.165, 1.54) is 0 Å². The largest absolute Gasteiger partial charge is 0.316 e. The molecular formula is C23H23NO2. The Morgan fingerprint density at radius 2 is 1.54 bits per heavy atom. The number of anilines is 1. The summed E-state index contributed by atoms with van der Waals surface area (Å²) in [6.07, 6.45) is 0.896. The number of carbonyl (C=O) groups excluding carboxylic acids is 2. The van der Waals surface area contributed by atoms with Gasteiger partial charge in [0.05, 0.1) is 0 Å². The lowest BCUT2D eigenvalue weighted by Crippen LogP contribution is -2.27. The summed E-state index contributed by atoms with van der Waals surface area (Å²) in [4.78, 5) is 26.8. The van der Waals surface area contributed by atoms with Crippen LogP contribution in [0.2, 0.25) is 0 Å². The Kier molecular flexibility index (Phi) is 5.47. The first-order valence-electron chi connectivity index (χ1n) is 8.91. The highest BCUT2D eigenvalue weighted by Crippen LogP contribution is 2.21. The molecule has 0 N–H and O–H groups in total. The highest BCUT2D eigenvalue weighted by Gasteiger charge is 2.18. The molecule has 0 aliphatic rings. The molecule has 1 atom stereocenters. The molecule has 0 aromatic heterocycles. The Balaban J connectivity index is 1.62. The number of benzene rings is 3. The number of para-hydroxylation sites is 1. The predicted molar refractivity (Wildman–Crippen MR) is 107 cm³/mol. The van der Waals surface area contributed by atoms with Gasteiger partial charge in [0.25, 0.3) is 0 Å². The lowest BCUT2D eigenvalue weighted by molar-refractivity contribution is -0.118. The van der Waals surface area contributed by atoms with Crippen molar-refractivity contribution in [2.24, 2.45) is 5.92 Å². The first-order valence-corrected chi connectivity index (χ1v) is 8.91. The van der Waals surface area contributed by atoms with Crippen LogP contribution in [-0.2, 0) is 4.79 Å². The summed E-state index contributed by atoms with van der Waals surface area (Å²) < 4.78 is 0. The van der Waals surface area contributed by atoms with Gasteiger partial charge in [-0.15, -0.1) is 0 Å². The van der Waals surface area contributed by atoms with Crippen LogP contribution >= 0.6 is 0 Å². The fourth-order valence-electron chi connectivity index (χ4n) is 3.06. The van der Waals surface area contributed by atoms with E-state index in [9.17, 15) is 9.59 Å². The number of nitrogens with zero attached hydrogens (tertiary/aromatic N) is 1. The Morgan fingerprint density at radius 1 is 0.885 bits per heavy atom. The second-order valence-electron chi connectivity index (χ2n) is 6.65. The summed E-state index contributed by atoms with van der Waals surface area (Å²) in [5.74, 6) is -0.0791. The summed E-state index contributed by atoms with van der Waals surface area (Å²) in [6, 6.07) is 23.3. The van der Waals surface area contributed by atoms with Gasteiger partial charge in [-0.2, -0.15) is 0 Å². The van der Waals surface area contributed by atoms with Crippen molar-refractivity contribution in [3.05, 3.63) is 78.4 Å². The van der Waals surface area contributed by atoms with E-state index in [1.54, 1.807) is 11.9 Å². The van der Waals surface area contributed by atoms with Crippen LogP contribution in [0.25, 0.3) is 10.8 Å². The minimum Gasteiger partial charge on any atom is -0.316 e. The van der Waals surface area contributed by atoms with E-state index in [4.69, 9.17) is 0 Å². The van der Waals surface area contributed by atoms with Gasteiger partial charge in [-0.3, -0.25) is 9.59 Å². The molecule has 0 spiro atoms. The average Bonchev–Trinajstić information content (AvgIpc) is 2.70. The van der Waals surface area contributed by atoms with Crippen molar-refractivity contribution in [1.29, 1.82) is 0 Å². The molecule has 26 heavy (non-hydrogen) atoms. The van der Waals surface area contributed by atoms with Crippen LogP contribution in [0.1, 0.15) is 30.1 Å². The van der Waals surface area contributed by atoms with Crippen molar-refractivity contribution in [2.45, 2.75) is 19.8 Å². The third kappa shape index (κ3) is 3.99. The molecule has 3 heteroatoms. The number of carbonyl (C=O) groups is 2. The summed E-state index contributed by atoms with van der Waals surface area (Å²) in [6.45, 7) is 1.90. The quantitative estimate of drug-likeness (QED) is 0.583. The van der Waals surface area contributed by atoms with Crippen LogP contribution in [0.3, 0.4) is 0 Å². The smallest absolute Gasteiger partial charge is 0.226 e. The molecule has 1 amide bonds. The fourth-order valence-corrected chi connectivity index (χ4v) is 3.06. The number of ketones is 1. The fraction of sp³-hybridized carbons (Fsp3) is 0.217. The van der Waals surface area contributed by atoms with E-state index < -0.39 is 0 Å². The topological polar surface area (TPSA) is 37.4 Å². The number of hydrogen-bond acceptors (Lipinski definition) is 2. The lowest BCUT2D eigenvalue weighted by Gasteiger charge is -2.18. The maximum Gasteiger partial charge on any atom is 0.226 e. The van der Waals surface area contributed by atoms with Crippen LogP contribution in [0.4, 0.5) is 5.69 Å². The second-order valence-corrected chi connectivity index (χ2v) is 6.65. The van der Waals surface area contributed by atoms with Gasteiger partial charge in [0, 0.05) is 30.6 Å². The second kappa shape index (κ2) is 7.96. The normalized spacial score (nSPS) is 11.9. The molecule has 0 bridgehead atoms. The maximum atomic E-state index is 12.7. The molecule has 132 valence electrons. The first kappa shape index (κ1) is 17.9. The van der Waals surface area contributed by atoms with Crippen molar-refractivity contribution in [1.82, 2.24) is 0 Å². The van der Waals surface area contributed by atoms with E-state index >= 15 is 0 Å². The molecular weight excluding hydrogens is 322 g/mol. The standard InChI is InChI=1S/C23H23NO2/c1-17(12-15-22(25)24(2)21-10-4-3-5-11-21)23(26)20-14-13-18-8-6-7-9-19(18)16-20/h3-11,13-14,16-17H,12,15H2,1-2H3/t17-/m1/s1. The highest BCUT2D eigenvalue weighted by molar-refractivity contribution is 6.01. The summed E-state index contributed by atoms with van der Waals surface area (Å²) in [5, 5.41) is 2.18. The third-order valence-electron chi connectivity index (χ3n) is 4.79. The number of Topliss-reactive ketones (excluding diaryl/α,β-unsaturated/α-hetero) is 1. The van der Waals surface area contributed by atoms with Crippen LogP contribution in [0.5, 0.6) is 0 Å². The zero-order chi connectivity index (χ0) is 18.5. The molecule has 3 aromatic rings. The van der Waals surface area contributed by atoms with Gasteiger partial charge in [-0.05, 0) is 35.4 Å². The molecule has 0 fully saturated rings. The molecule has 0 aliphatic heterocycles. The average molecular weight is 345 g/mol. The van der Waals surface area contributed by atoms with Gasteiger partial charge >= 0.3 is 0 Å². The van der Waals surface area contributed by atoms with E-state index in [1.807, 2.05) is 79.7 Å². The number of amides is 1.